The predicted octanol–water partition coefficient (Wildman–Crippen LogP) is 4.94. The molecule has 1 fully saturated rings. The molecule has 12 heteroatoms. The van der Waals surface area contributed by atoms with Crippen LogP contribution in [0.15, 0.2) is 59.4 Å². The van der Waals surface area contributed by atoms with E-state index in [1.807, 2.05) is 66.7 Å². The van der Waals surface area contributed by atoms with Crippen molar-refractivity contribution < 1.29 is 53.0 Å². The average molecular weight is 734 g/mol. The van der Waals surface area contributed by atoms with Crippen molar-refractivity contribution in [2.45, 2.75) is 118 Å². The molecule has 12 nitrogen and oxygen atoms in total. The number of carbonyl (C=O) groups is 3. The van der Waals surface area contributed by atoms with Crippen LogP contribution in [0.25, 0.3) is 0 Å². The SMILES string of the molecule is CO/C1=C/C(C)=C\[C@@H](C)[C@@H](O)[C@@H](C)C/C(C)=C\C=C/[C@H](OC)[C@@H]([C@@H](C)[C@@H](O)[C@H](C)[C@@]2(OC)C[C@@H](OC(=O)/C=C/C(N)=O)[C@H](C)[C@@H](C(C)C)O2)OC1=O. The molecule has 0 bridgehead atoms. The molecule has 0 saturated carbocycles. The van der Waals surface area contributed by atoms with Crippen LogP contribution in [0.5, 0.6) is 0 Å². The van der Waals surface area contributed by atoms with Crippen molar-refractivity contribution in [3.05, 3.63) is 59.4 Å². The van der Waals surface area contributed by atoms with Crippen LogP contribution in [-0.4, -0.2) is 91.8 Å². The predicted molar refractivity (Wildman–Crippen MR) is 197 cm³/mol. The number of ether oxygens (including phenoxy) is 6. The number of hydrogen-bond acceptors (Lipinski definition) is 11. The Kier molecular flexibility index (Phi) is 17.5. The molecule has 4 N–H and O–H groups in total. The second-order valence-corrected chi connectivity index (χ2v) is 14.9. The minimum atomic E-state index is -1.43. The minimum Gasteiger partial charge on any atom is -0.490 e. The molecule has 2 rings (SSSR count). The first-order valence-electron chi connectivity index (χ1n) is 18.1. The lowest BCUT2D eigenvalue weighted by molar-refractivity contribution is -0.339. The molecule has 52 heavy (non-hydrogen) atoms. The van der Waals surface area contributed by atoms with Gasteiger partial charge in [0.25, 0.3) is 0 Å². The van der Waals surface area contributed by atoms with Gasteiger partial charge in [0.05, 0.1) is 25.4 Å². The highest BCUT2D eigenvalue weighted by Gasteiger charge is 2.54. The first-order valence-corrected chi connectivity index (χ1v) is 18.1. The standard InChI is InChI=1S/C40H63NO11/c1-22(2)37-27(7)32(50-34(43)17-16-33(41)42)21-40(49-12,52-37)29(9)36(45)28(8)38-30(47-10)15-13-14-23(3)18-25(5)35(44)26(6)19-24(4)20-31(48-11)39(46)51-38/h13-17,19-20,22,25-30,32,35-38,44-45H,18,21H2,1-12H3,(H2,41,42)/b15-13-,17-16+,23-14-,24-19-,31-20+/t25-,26+,27-,28-,29-,30-,32+,35-,36+,37+,38+,40+/m0/s1. The Balaban J connectivity index is 2.59. The average Bonchev–Trinajstić information content (AvgIpc) is 3.09. The van der Waals surface area contributed by atoms with E-state index in [2.05, 4.69) is 0 Å². The Morgan fingerprint density at radius 1 is 1.06 bits per heavy atom. The van der Waals surface area contributed by atoms with Crippen molar-refractivity contribution in [2.75, 3.05) is 21.3 Å². The smallest absolute Gasteiger partial charge is 0.373 e. The molecule has 0 aromatic rings. The molecule has 0 aromatic carbocycles. The zero-order valence-corrected chi connectivity index (χ0v) is 33.0. The summed E-state index contributed by atoms with van der Waals surface area (Å²) < 4.78 is 36.0. The van der Waals surface area contributed by atoms with Gasteiger partial charge in [-0.3, -0.25) is 4.79 Å². The van der Waals surface area contributed by atoms with Crippen LogP contribution in [0.3, 0.4) is 0 Å². The van der Waals surface area contributed by atoms with Gasteiger partial charge < -0.3 is 44.4 Å². The minimum absolute atomic E-state index is 0.0199. The maximum atomic E-state index is 13.7. The van der Waals surface area contributed by atoms with Gasteiger partial charge in [-0.2, -0.15) is 0 Å². The fourth-order valence-corrected chi connectivity index (χ4v) is 7.31. The number of primary amides is 1. The number of methoxy groups -OCH3 is 3. The van der Waals surface area contributed by atoms with E-state index < -0.39 is 72.1 Å². The molecule has 12 atom stereocenters. The number of allylic oxidation sites excluding steroid dienone is 5. The number of hydrogen-bond donors (Lipinski definition) is 3. The molecule has 294 valence electrons. The summed E-state index contributed by atoms with van der Waals surface area (Å²) in [5, 5.41) is 23.1. The van der Waals surface area contributed by atoms with Crippen molar-refractivity contribution in [2.24, 2.45) is 41.2 Å². The Labute approximate surface area is 310 Å². The fraction of sp³-hybridized carbons (Fsp3) is 0.675. The summed E-state index contributed by atoms with van der Waals surface area (Å²) >= 11 is 0. The van der Waals surface area contributed by atoms with E-state index >= 15 is 0 Å². The molecular formula is C40H63NO11. The zero-order chi connectivity index (χ0) is 39.5. The van der Waals surface area contributed by atoms with E-state index in [0.29, 0.717) is 12.0 Å². The quantitative estimate of drug-likeness (QED) is 0.194. The van der Waals surface area contributed by atoms with Gasteiger partial charge in [-0.1, -0.05) is 83.9 Å². The van der Waals surface area contributed by atoms with E-state index in [-0.39, 0.29) is 35.9 Å². The summed E-state index contributed by atoms with van der Waals surface area (Å²) in [6.07, 6.45) is 6.88. The molecule has 0 unspecified atom stereocenters. The number of carbonyl (C=O) groups excluding carboxylic acids is 3. The number of rotatable bonds is 11. The molecule has 0 aliphatic carbocycles. The molecule has 2 aliphatic rings. The van der Waals surface area contributed by atoms with Gasteiger partial charge in [-0.05, 0) is 38.2 Å². The van der Waals surface area contributed by atoms with Crippen LogP contribution < -0.4 is 5.73 Å². The van der Waals surface area contributed by atoms with Crippen molar-refractivity contribution in [1.29, 1.82) is 0 Å². The summed E-state index contributed by atoms with van der Waals surface area (Å²) in [6, 6.07) is 0. The number of aliphatic hydroxyl groups is 2. The number of cyclic esters (lactones) is 1. The van der Waals surface area contributed by atoms with Crippen LogP contribution in [-0.2, 0) is 42.8 Å². The number of nitrogens with two attached hydrogens (primary N) is 1. The van der Waals surface area contributed by atoms with Crippen molar-refractivity contribution >= 4 is 17.8 Å². The number of esters is 2. The maximum Gasteiger partial charge on any atom is 0.373 e. The topological polar surface area (TPSA) is 173 Å². The van der Waals surface area contributed by atoms with Crippen molar-refractivity contribution in [3.8, 4) is 0 Å². The monoisotopic (exact) mass is 733 g/mol. The van der Waals surface area contributed by atoms with Gasteiger partial charge >= 0.3 is 11.9 Å². The molecule has 0 radical (unpaired) electrons. The molecule has 0 aromatic heterocycles. The second-order valence-electron chi connectivity index (χ2n) is 14.9. The number of amides is 1. The van der Waals surface area contributed by atoms with Gasteiger partial charge in [0.15, 0.2) is 5.79 Å². The lowest BCUT2D eigenvalue weighted by Crippen LogP contribution is -2.60. The van der Waals surface area contributed by atoms with Crippen molar-refractivity contribution in [1.82, 2.24) is 0 Å². The Morgan fingerprint density at radius 2 is 1.71 bits per heavy atom. The van der Waals surface area contributed by atoms with Gasteiger partial charge in [-0.15, -0.1) is 0 Å². The zero-order valence-electron chi connectivity index (χ0n) is 33.0. The highest BCUT2D eigenvalue weighted by atomic mass is 16.7. The Bertz CT molecular complexity index is 1370. The third kappa shape index (κ3) is 11.9. The van der Waals surface area contributed by atoms with Gasteiger partial charge in [0.1, 0.15) is 18.3 Å². The summed E-state index contributed by atoms with van der Waals surface area (Å²) in [5.74, 6) is -5.76. The van der Waals surface area contributed by atoms with Crippen molar-refractivity contribution in [3.63, 3.8) is 0 Å². The molecule has 1 saturated heterocycles. The second kappa shape index (κ2) is 20.2. The molecule has 2 heterocycles. The third-order valence-corrected chi connectivity index (χ3v) is 10.4. The van der Waals surface area contributed by atoms with E-state index in [1.54, 1.807) is 26.0 Å². The summed E-state index contributed by atoms with van der Waals surface area (Å²) in [6.45, 7) is 17.1. The Morgan fingerprint density at radius 3 is 2.27 bits per heavy atom. The van der Waals surface area contributed by atoms with Crippen LogP contribution in [0.1, 0.15) is 75.2 Å². The summed E-state index contributed by atoms with van der Waals surface area (Å²) in [4.78, 5) is 37.6. The van der Waals surface area contributed by atoms with Crippen LogP contribution >= 0.6 is 0 Å². The lowest BCUT2D eigenvalue weighted by Gasteiger charge is -2.51. The largest absolute Gasteiger partial charge is 0.490 e. The lowest BCUT2D eigenvalue weighted by atomic mass is 9.76. The summed E-state index contributed by atoms with van der Waals surface area (Å²) in [7, 11) is 4.34. The fourth-order valence-electron chi connectivity index (χ4n) is 7.31. The first kappa shape index (κ1) is 44.9. The van der Waals surface area contributed by atoms with Gasteiger partial charge in [0, 0.05) is 56.5 Å². The van der Waals surface area contributed by atoms with Gasteiger partial charge in [-0.25, -0.2) is 9.59 Å². The van der Waals surface area contributed by atoms with E-state index in [1.165, 1.54) is 21.3 Å². The van der Waals surface area contributed by atoms with Crippen LogP contribution in [0.2, 0.25) is 0 Å². The molecule has 2 aliphatic heterocycles. The van der Waals surface area contributed by atoms with Crippen LogP contribution in [0.4, 0.5) is 0 Å². The van der Waals surface area contributed by atoms with Gasteiger partial charge in [0.2, 0.25) is 11.7 Å². The van der Waals surface area contributed by atoms with E-state index in [0.717, 1.165) is 17.7 Å². The molecule has 0 spiro atoms. The highest BCUT2D eigenvalue weighted by molar-refractivity contribution is 5.93. The van der Waals surface area contributed by atoms with E-state index in [4.69, 9.17) is 34.2 Å². The summed E-state index contributed by atoms with van der Waals surface area (Å²) in [5.41, 5.74) is 6.92. The molecular weight excluding hydrogens is 670 g/mol. The number of aliphatic hydroxyl groups excluding tert-OH is 2. The van der Waals surface area contributed by atoms with Crippen LogP contribution in [0, 0.1) is 35.5 Å². The Hall–Kier alpha value is -3.29. The third-order valence-electron chi connectivity index (χ3n) is 10.4. The molecule has 1 amide bonds. The first-order chi connectivity index (χ1) is 24.3. The maximum absolute atomic E-state index is 13.7. The highest BCUT2D eigenvalue weighted by Crippen LogP contribution is 2.44. The van der Waals surface area contributed by atoms with E-state index in [9.17, 15) is 24.6 Å². The normalized spacial score (nSPS) is 36.6.